The van der Waals surface area contributed by atoms with Crippen LogP contribution in [0.5, 0.6) is 0 Å². The van der Waals surface area contributed by atoms with Gasteiger partial charge in [0.2, 0.25) is 5.91 Å². The van der Waals surface area contributed by atoms with Gasteiger partial charge in [-0.05, 0) is 41.8 Å². The first kappa shape index (κ1) is 14.1. The SMILES string of the molecule is CCc1ccc(C2SCC(=O)N2c2ccc(F)cc2)cc1. The number of hydrogen-bond acceptors (Lipinski definition) is 2. The first-order valence-electron chi connectivity index (χ1n) is 6.97. The molecular formula is C17H16FNOS. The van der Waals surface area contributed by atoms with Crippen molar-refractivity contribution in [1.82, 2.24) is 0 Å². The molecule has 0 bridgehead atoms. The van der Waals surface area contributed by atoms with E-state index in [4.69, 9.17) is 0 Å². The lowest BCUT2D eigenvalue weighted by molar-refractivity contribution is -0.115. The minimum Gasteiger partial charge on any atom is -0.295 e. The predicted molar refractivity (Wildman–Crippen MR) is 84.9 cm³/mol. The second kappa shape index (κ2) is 5.90. The van der Waals surface area contributed by atoms with Gasteiger partial charge in [-0.1, -0.05) is 31.2 Å². The first-order chi connectivity index (χ1) is 10.2. The minimum atomic E-state index is -0.290. The number of nitrogens with zero attached hydrogens (tertiary/aromatic N) is 1. The summed E-state index contributed by atoms with van der Waals surface area (Å²) in [6, 6.07) is 14.4. The number of hydrogen-bond donors (Lipinski definition) is 0. The highest BCUT2D eigenvalue weighted by Gasteiger charge is 2.33. The Labute approximate surface area is 128 Å². The van der Waals surface area contributed by atoms with Crippen LogP contribution in [0.25, 0.3) is 0 Å². The molecule has 0 spiro atoms. The van der Waals surface area contributed by atoms with Gasteiger partial charge in [0.1, 0.15) is 11.2 Å². The number of anilines is 1. The minimum absolute atomic E-state index is 0.0335. The Balaban J connectivity index is 1.93. The van der Waals surface area contributed by atoms with E-state index in [0.717, 1.165) is 17.7 Å². The van der Waals surface area contributed by atoms with Gasteiger partial charge in [-0.2, -0.15) is 0 Å². The summed E-state index contributed by atoms with van der Waals surface area (Å²) < 4.78 is 13.1. The van der Waals surface area contributed by atoms with Gasteiger partial charge in [0.15, 0.2) is 0 Å². The van der Waals surface area contributed by atoms with Crippen LogP contribution in [0.2, 0.25) is 0 Å². The molecule has 1 aliphatic heterocycles. The van der Waals surface area contributed by atoms with Crippen molar-refractivity contribution in [3.05, 3.63) is 65.5 Å². The average Bonchev–Trinajstić information content (AvgIpc) is 2.90. The Hall–Kier alpha value is -1.81. The fourth-order valence-electron chi connectivity index (χ4n) is 2.47. The molecule has 0 aromatic heterocycles. The number of carbonyl (C=O) groups is 1. The molecule has 1 unspecified atom stereocenters. The van der Waals surface area contributed by atoms with E-state index in [2.05, 4.69) is 31.2 Å². The zero-order chi connectivity index (χ0) is 14.8. The summed E-state index contributed by atoms with van der Waals surface area (Å²) in [5.74, 6) is 0.232. The van der Waals surface area contributed by atoms with Gasteiger partial charge in [0.25, 0.3) is 0 Å². The predicted octanol–water partition coefficient (Wildman–Crippen LogP) is 4.17. The highest BCUT2D eigenvalue weighted by molar-refractivity contribution is 8.00. The molecule has 21 heavy (non-hydrogen) atoms. The van der Waals surface area contributed by atoms with Crippen LogP contribution in [0, 0.1) is 5.82 Å². The third-order valence-electron chi connectivity index (χ3n) is 3.65. The largest absolute Gasteiger partial charge is 0.295 e. The molecule has 1 atom stereocenters. The molecule has 0 N–H and O–H groups in total. The van der Waals surface area contributed by atoms with Crippen LogP contribution in [-0.2, 0) is 11.2 Å². The molecule has 108 valence electrons. The Kier molecular flexibility index (Phi) is 3.97. The lowest BCUT2D eigenvalue weighted by Gasteiger charge is -2.24. The molecule has 1 saturated heterocycles. The van der Waals surface area contributed by atoms with Crippen molar-refractivity contribution in [3.63, 3.8) is 0 Å². The van der Waals surface area contributed by atoms with Crippen LogP contribution in [0.1, 0.15) is 23.4 Å². The molecule has 0 aliphatic carbocycles. The summed E-state index contributed by atoms with van der Waals surface area (Å²) in [5.41, 5.74) is 3.13. The van der Waals surface area contributed by atoms with E-state index >= 15 is 0 Å². The van der Waals surface area contributed by atoms with E-state index in [0.29, 0.717) is 5.75 Å². The van der Waals surface area contributed by atoms with E-state index < -0.39 is 0 Å². The molecule has 1 amide bonds. The maximum atomic E-state index is 13.1. The molecule has 4 heteroatoms. The third-order valence-corrected chi connectivity index (χ3v) is 4.86. The van der Waals surface area contributed by atoms with Crippen molar-refractivity contribution in [2.75, 3.05) is 10.7 Å². The average molecular weight is 301 g/mol. The number of halogens is 1. The van der Waals surface area contributed by atoms with Crippen molar-refractivity contribution in [2.45, 2.75) is 18.7 Å². The first-order valence-corrected chi connectivity index (χ1v) is 8.02. The Morgan fingerprint density at radius 3 is 2.43 bits per heavy atom. The Bertz CT molecular complexity index is 639. The van der Waals surface area contributed by atoms with Gasteiger partial charge in [0.05, 0.1) is 5.75 Å². The zero-order valence-electron chi connectivity index (χ0n) is 11.8. The fourth-order valence-corrected chi connectivity index (χ4v) is 3.65. The number of carbonyl (C=O) groups excluding carboxylic acids is 1. The quantitative estimate of drug-likeness (QED) is 0.848. The molecule has 2 aromatic carbocycles. The molecule has 1 heterocycles. The number of amides is 1. The van der Waals surface area contributed by atoms with Gasteiger partial charge in [-0.15, -0.1) is 11.8 Å². The highest BCUT2D eigenvalue weighted by Crippen LogP contribution is 2.41. The van der Waals surface area contributed by atoms with Gasteiger partial charge in [0, 0.05) is 5.69 Å². The van der Waals surface area contributed by atoms with Crippen LogP contribution < -0.4 is 4.90 Å². The second-order valence-electron chi connectivity index (χ2n) is 5.00. The summed E-state index contributed by atoms with van der Waals surface area (Å²) in [6.45, 7) is 2.12. The fraction of sp³-hybridized carbons (Fsp3) is 0.235. The molecule has 0 saturated carbocycles. The molecular weight excluding hydrogens is 285 g/mol. The van der Waals surface area contributed by atoms with Crippen molar-refractivity contribution in [1.29, 1.82) is 0 Å². The number of aryl methyl sites for hydroxylation is 1. The molecule has 2 nitrogen and oxygen atoms in total. The van der Waals surface area contributed by atoms with Crippen LogP contribution >= 0.6 is 11.8 Å². The van der Waals surface area contributed by atoms with Gasteiger partial charge in [-0.3, -0.25) is 9.69 Å². The normalized spacial score (nSPS) is 18.3. The molecule has 1 aliphatic rings. The summed E-state index contributed by atoms with van der Waals surface area (Å²) >= 11 is 1.61. The van der Waals surface area contributed by atoms with Crippen molar-refractivity contribution in [2.24, 2.45) is 0 Å². The summed E-state index contributed by atoms with van der Waals surface area (Å²) in [5, 5.41) is -0.0335. The molecule has 0 radical (unpaired) electrons. The maximum absolute atomic E-state index is 13.1. The Morgan fingerprint density at radius 1 is 1.14 bits per heavy atom. The third kappa shape index (κ3) is 2.81. The van der Waals surface area contributed by atoms with Crippen LogP contribution in [0.3, 0.4) is 0 Å². The smallest absolute Gasteiger partial charge is 0.238 e. The van der Waals surface area contributed by atoms with Crippen LogP contribution in [0.4, 0.5) is 10.1 Å². The Morgan fingerprint density at radius 2 is 1.81 bits per heavy atom. The van der Waals surface area contributed by atoms with E-state index in [-0.39, 0.29) is 17.1 Å². The van der Waals surface area contributed by atoms with Crippen molar-refractivity contribution >= 4 is 23.4 Å². The van der Waals surface area contributed by atoms with E-state index in [1.54, 1.807) is 28.8 Å². The van der Waals surface area contributed by atoms with Crippen molar-refractivity contribution < 1.29 is 9.18 Å². The zero-order valence-corrected chi connectivity index (χ0v) is 12.6. The summed E-state index contributed by atoms with van der Waals surface area (Å²) in [6.07, 6.45) is 0.999. The lowest BCUT2D eigenvalue weighted by Crippen LogP contribution is -2.27. The van der Waals surface area contributed by atoms with Gasteiger partial charge in [-0.25, -0.2) is 4.39 Å². The lowest BCUT2D eigenvalue weighted by atomic mass is 10.1. The number of benzene rings is 2. The van der Waals surface area contributed by atoms with Gasteiger partial charge < -0.3 is 0 Å². The molecule has 1 fully saturated rings. The maximum Gasteiger partial charge on any atom is 0.238 e. The van der Waals surface area contributed by atoms with E-state index in [9.17, 15) is 9.18 Å². The summed E-state index contributed by atoms with van der Waals surface area (Å²) in [4.78, 5) is 13.9. The highest BCUT2D eigenvalue weighted by atomic mass is 32.2. The van der Waals surface area contributed by atoms with Gasteiger partial charge >= 0.3 is 0 Å². The van der Waals surface area contributed by atoms with Crippen molar-refractivity contribution in [3.8, 4) is 0 Å². The monoisotopic (exact) mass is 301 g/mol. The topological polar surface area (TPSA) is 20.3 Å². The second-order valence-corrected chi connectivity index (χ2v) is 6.07. The number of rotatable bonds is 3. The van der Waals surface area contributed by atoms with E-state index in [1.807, 2.05) is 0 Å². The van der Waals surface area contributed by atoms with E-state index in [1.165, 1.54) is 17.7 Å². The summed E-state index contributed by atoms with van der Waals surface area (Å²) in [7, 11) is 0. The van der Waals surface area contributed by atoms with Crippen LogP contribution in [0.15, 0.2) is 48.5 Å². The number of thioether (sulfide) groups is 1. The molecule has 2 aromatic rings. The standard InChI is InChI=1S/C17H16FNOS/c1-2-12-3-5-13(6-4-12)17-19(16(20)11-21-17)15-9-7-14(18)8-10-15/h3-10,17H,2,11H2,1H3. The van der Waals surface area contributed by atoms with Crippen LogP contribution in [-0.4, -0.2) is 11.7 Å². The molecule has 3 rings (SSSR count).